The SMILES string of the molecule is CC(C)(C)NCCCCCN1CCC2CCCCC21. The molecule has 2 aliphatic rings. The zero-order valence-electron chi connectivity index (χ0n) is 13.4. The van der Waals surface area contributed by atoms with Gasteiger partial charge in [0, 0.05) is 11.6 Å². The highest BCUT2D eigenvalue weighted by molar-refractivity contribution is 4.89. The van der Waals surface area contributed by atoms with E-state index in [2.05, 4.69) is 31.0 Å². The second-order valence-corrected chi connectivity index (χ2v) is 7.67. The van der Waals surface area contributed by atoms with E-state index in [1.165, 1.54) is 71.0 Å². The van der Waals surface area contributed by atoms with Gasteiger partial charge in [0.05, 0.1) is 0 Å². The van der Waals surface area contributed by atoms with Crippen LogP contribution in [0, 0.1) is 5.92 Å². The first-order chi connectivity index (χ1) is 9.06. The molecule has 1 heterocycles. The van der Waals surface area contributed by atoms with Crippen LogP contribution < -0.4 is 5.32 Å². The van der Waals surface area contributed by atoms with Crippen LogP contribution in [0.5, 0.6) is 0 Å². The monoisotopic (exact) mass is 266 g/mol. The maximum absolute atomic E-state index is 3.58. The van der Waals surface area contributed by atoms with Crippen molar-refractivity contribution >= 4 is 0 Å². The van der Waals surface area contributed by atoms with Crippen molar-refractivity contribution in [3.05, 3.63) is 0 Å². The van der Waals surface area contributed by atoms with Crippen LogP contribution in [0.3, 0.4) is 0 Å². The van der Waals surface area contributed by atoms with Crippen LogP contribution in [0.4, 0.5) is 0 Å². The van der Waals surface area contributed by atoms with E-state index < -0.39 is 0 Å². The van der Waals surface area contributed by atoms with Crippen LogP contribution in [-0.4, -0.2) is 36.1 Å². The first-order valence-electron chi connectivity index (χ1n) is 8.55. The molecule has 1 N–H and O–H groups in total. The van der Waals surface area contributed by atoms with Crippen molar-refractivity contribution in [2.45, 2.75) is 83.7 Å². The van der Waals surface area contributed by atoms with Gasteiger partial charge in [0.2, 0.25) is 0 Å². The number of nitrogens with zero attached hydrogens (tertiary/aromatic N) is 1. The summed E-state index contributed by atoms with van der Waals surface area (Å²) < 4.78 is 0. The van der Waals surface area contributed by atoms with Gasteiger partial charge in [-0.25, -0.2) is 0 Å². The topological polar surface area (TPSA) is 15.3 Å². The lowest BCUT2D eigenvalue weighted by molar-refractivity contribution is 0.179. The molecule has 2 heteroatoms. The summed E-state index contributed by atoms with van der Waals surface area (Å²) in [5.74, 6) is 1.05. The molecule has 2 rings (SSSR count). The molecule has 19 heavy (non-hydrogen) atoms. The maximum Gasteiger partial charge on any atom is 0.0124 e. The minimum Gasteiger partial charge on any atom is -0.312 e. The summed E-state index contributed by atoms with van der Waals surface area (Å²) in [6.45, 7) is 10.7. The van der Waals surface area contributed by atoms with Gasteiger partial charge in [-0.3, -0.25) is 0 Å². The van der Waals surface area contributed by atoms with Gasteiger partial charge in [0.25, 0.3) is 0 Å². The third-order valence-electron chi connectivity index (χ3n) is 4.90. The van der Waals surface area contributed by atoms with E-state index in [1.807, 2.05) is 0 Å². The molecular formula is C17H34N2. The summed E-state index contributed by atoms with van der Waals surface area (Å²) in [4.78, 5) is 2.81. The Morgan fingerprint density at radius 1 is 1.00 bits per heavy atom. The molecule has 0 aromatic heterocycles. The number of hydrogen-bond donors (Lipinski definition) is 1. The van der Waals surface area contributed by atoms with Gasteiger partial charge >= 0.3 is 0 Å². The molecule has 0 aromatic carbocycles. The summed E-state index contributed by atoms with van der Waals surface area (Å²) in [6.07, 6.45) is 11.6. The molecule has 0 aromatic rings. The molecule has 0 amide bonds. The number of nitrogens with one attached hydrogen (secondary N) is 1. The molecule has 1 aliphatic carbocycles. The zero-order valence-corrected chi connectivity index (χ0v) is 13.4. The minimum atomic E-state index is 0.282. The number of fused-ring (bicyclic) bond motifs is 1. The van der Waals surface area contributed by atoms with Gasteiger partial charge in [-0.1, -0.05) is 19.3 Å². The molecule has 1 aliphatic heterocycles. The van der Waals surface area contributed by atoms with Gasteiger partial charge in [0.15, 0.2) is 0 Å². The van der Waals surface area contributed by atoms with Crippen LogP contribution in [-0.2, 0) is 0 Å². The molecule has 2 nitrogen and oxygen atoms in total. The Balaban J connectivity index is 1.54. The van der Waals surface area contributed by atoms with Crippen molar-refractivity contribution in [1.82, 2.24) is 10.2 Å². The standard InChI is InChI=1S/C17H34N2/c1-17(2,3)18-12-7-4-8-13-19-14-11-15-9-5-6-10-16(15)19/h15-16,18H,4-14H2,1-3H3. The summed E-state index contributed by atoms with van der Waals surface area (Å²) in [6, 6.07) is 0.960. The Labute approximate surface area is 120 Å². The van der Waals surface area contributed by atoms with E-state index >= 15 is 0 Å². The van der Waals surface area contributed by atoms with Crippen LogP contribution >= 0.6 is 0 Å². The number of rotatable bonds is 6. The first kappa shape index (κ1) is 15.3. The number of unbranched alkanes of at least 4 members (excludes halogenated alkanes) is 2. The summed E-state index contributed by atoms with van der Waals surface area (Å²) in [5.41, 5.74) is 0.282. The molecule has 0 bridgehead atoms. The van der Waals surface area contributed by atoms with Crippen LogP contribution in [0.1, 0.15) is 72.1 Å². The maximum atomic E-state index is 3.58. The van der Waals surface area contributed by atoms with Crippen molar-refractivity contribution in [2.75, 3.05) is 19.6 Å². The van der Waals surface area contributed by atoms with Crippen LogP contribution in [0.25, 0.3) is 0 Å². The fraction of sp³-hybridized carbons (Fsp3) is 1.00. The first-order valence-corrected chi connectivity index (χ1v) is 8.55. The predicted octanol–water partition coefficient (Wildman–Crippen LogP) is 3.81. The minimum absolute atomic E-state index is 0.282. The zero-order chi connectivity index (χ0) is 13.7. The van der Waals surface area contributed by atoms with E-state index in [1.54, 1.807) is 0 Å². The third-order valence-corrected chi connectivity index (χ3v) is 4.90. The number of hydrogen-bond acceptors (Lipinski definition) is 2. The fourth-order valence-electron chi connectivity index (χ4n) is 3.86. The van der Waals surface area contributed by atoms with Crippen molar-refractivity contribution in [3.8, 4) is 0 Å². The van der Waals surface area contributed by atoms with Crippen molar-refractivity contribution in [3.63, 3.8) is 0 Å². The average Bonchev–Trinajstić information content (AvgIpc) is 2.76. The second-order valence-electron chi connectivity index (χ2n) is 7.67. The van der Waals surface area contributed by atoms with E-state index in [0.29, 0.717) is 0 Å². The van der Waals surface area contributed by atoms with Crippen molar-refractivity contribution < 1.29 is 0 Å². The highest BCUT2D eigenvalue weighted by atomic mass is 15.2. The molecule has 2 unspecified atom stereocenters. The Hall–Kier alpha value is -0.0800. The van der Waals surface area contributed by atoms with Gasteiger partial charge in [-0.2, -0.15) is 0 Å². The summed E-state index contributed by atoms with van der Waals surface area (Å²) >= 11 is 0. The van der Waals surface area contributed by atoms with Crippen LogP contribution in [0.2, 0.25) is 0 Å². The van der Waals surface area contributed by atoms with E-state index in [9.17, 15) is 0 Å². The quantitative estimate of drug-likeness (QED) is 0.736. The molecule has 112 valence electrons. The number of likely N-dealkylation sites (tertiary alicyclic amines) is 1. The van der Waals surface area contributed by atoms with Crippen molar-refractivity contribution in [1.29, 1.82) is 0 Å². The second kappa shape index (κ2) is 7.08. The molecule has 1 saturated carbocycles. The van der Waals surface area contributed by atoms with Gasteiger partial charge in [0.1, 0.15) is 0 Å². The largest absolute Gasteiger partial charge is 0.312 e. The van der Waals surface area contributed by atoms with Gasteiger partial charge in [-0.15, -0.1) is 0 Å². The molecule has 2 atom stereocenters. The lowest BCUT2D eigenvalue weighted by Gasteiger charge is -2.31. The highest BCUT2D eigenvalue weighted by Crippen LogP contribution is 2.36. The fourth-order valence-corrected chi connectivity index (χ4v) is 3.86. The Bertz CT molecular complexity index is 256. The molecule has 0 spiro atoms. The normalized spacial score (nSPS) is 28.6. The predicted molar refractivity (Wildman–Crippen MR) is 83.5 cm³/mol. The van der Waals surface area contributed by atoms with E-state index in [4.69, 9.17) is 0 Å². The smallest absolute Gasteiger partial charge is 0.0124 e. The van der Waals surface area contributed by atoms with Crippen molar-refractivity contribution in [2.24, 2.45) is 5.92 Å². The Morgan fingerprint density at radius 3 is 2.58 bits per heavy atom. The Kier molecular flexibility index (Phi) is 5.70. The van der Waals surface area contributed by atoms with Crippen LogP contribution in [0.15, 0.2) is 0 Å². The lowest BCUT2D eigenvalue weighted by Crippen LogP contribution is -2.36. The average molecular weight is 266 g/mol. The van der Waals surface area contributed by atoms with E-state index in [0.717, 1.165) is 12.0 Å². The van der Waals surface area contributed by atoms with Gasteiger partial charge < -0.3 is 10.2 Å². The Morgan fingerprint density at radius 2 is 1.79 bits per heavy atom. The molecule has 1 saturated heterocycles. The van der Waals surface area contributed by atoms with E-state index in [-0.39, 0.29) is 5.54 Å². The van der Waals surface area contributed by atoms with Gasteiger partial charge in [-0.05, 0) is 78.4 Å². The molecule has 0 radical (unpaired) electrons. The molecule has 2 fully saturated rings. The highest BCUT2D eigenvalue weighted by Gasteiger charge is 2.34. The lowest BCUT2D eigenvalue weighted by atomic mass is 9.85. The summed E-state index contributed by atoms with van der Waals surface area (Å²) in [5, 5.41) is 3.58. The third kappa shape index (κ3) is 5.07. The molecular weight excluding hydrogens is 232 g/mol. The summed E-state index contributed by atoms with van der Waals surface area (Å²) in [7, 11) is 0.